The number of rotatable bonds is 5. The zero-order valence-corrected chi connectivity index (χ0v) is 17.3. The number of carbonyl (C=O) groups is 2. The van der Waals surface area contributed by atoms with Crippen molar-refractivity contribution >= 4 is 17.6 Å². The highest BCUT2D eigenvalue weighted by atomic mass is 16.1. The van der Waals surface area contributed by atoms with E-state index in [1.807, 2.05) is 30.3 Å². The number of aromatic nitrogens is 2. The zero-order chi connectivity index (χ0) is 21.1. The summed E-state index contributed by atoms with van der Waals surface area (Å²) in [5, 5.41) is 2.76. The predicted octanol–water partition coefficient (Wildman–Crippen LogP) is 4.69. The van der Waals surface area contributed by atoms with E-state index < -0.39 is 0 Å². The van der Waals surface area contributed by atoms with Crippen LogP contribution in [0.4, 0.5) is 5.95 Å². The number of nitrogens with zero attached hydrogens (tertiary/aromatic N) is 2. The maximum atomic E-state index is 12.7. The van der Waals surface area contributed by atoms with E-state index in [0.29, 0.717) is 30.0 Å². The Labute approximate surface area is 176 Å². The van der Waals surface area contributed by atoms with E-state index in [1.54, 1.807) is 6.20 Å². The summed E-state index contributed by atoms with van der Waals surface area (Å²) in [5.41, 5.74) is 4.62. The van der Waals surface area contributed by atoms with Gasteiger partial charge in [0.1, 0.15) is 0 Å². The Morgan fingerprint density at radius 1 is 1.07 bits per heavy atom. The van der Waals surface area contributed by atoms with Gasteiger partial charge in [-0.1, -0.05) is 68.4 Å². The van der Waals surface area contributed by atoms with Gasteiger partial charge >= 0.3 is 0 Å². The largest absolute Gasteiger partial charge is 0.294 e. The molecule has 0 spiro atoms. The molecular formula is C25H25N3O2. The lowest BCUT2D eigenvalue weighted by Crippen LogP contribution is -2.23. The van der Waals surface area contributed by atoms with Gasteiger partial charge in [-0.2, -0.15) is 0 Å². The average molecular weight is 399 g/mol. The van der Waals surface area contributed by atoms with Gasteiger partial charge in [-0.05, 0) is 34.9 Å². The first-order valence-electron chi connectivity index (χ1n) is 10.3. The number of hydrogen-bond donors (Lipinski definition) is 1. The fourth-order valence-corrected chi connectivity index (χ4v) is 3.84. The molecule has 1 aromatic heterocycles. The Bertz CT molecular complexity index is 1060. The van der Waals surface area contributed by atoms with E-state index in [2.05, 4.69) is 53.4 Å². The molecule has 1 heterocycles. The van der Waals surface area contributed by atoms with Crippen LogP contribution in [0.15, 0.2) is 60.8 Å². The van der Waals surface area contributed by atoms with Gasteiger partial charge in [-0.25, -0.2) is 9.97 Å². The number of amides is 1. The predicted molar refractivity (Wildman–Crippen MR) is 117 cm³/mol. The molecular weight excluding hydrogens is 374 g/mol. The summed E-state index contributed by atoms with van der Waals surface area (Å²) in [6.07, 6.45) is 2.91. The third kappa shape index (κ3) is 4.46. The first-order chi connectivity index (χ1) is 14.5. The summed E-state index contributed by atoms with van der Waals surface area (Å²) in [6, 6.07) is 18.0. The molecule has 5 nitrogen and oxygen atoms in total. The first-order valence-corrected chi connectivity index (χ1v) is 10.3. The number of carbonyl (C=O) groups excluding carboxylic acids is 2. The summed E-state index contributed by atoms with van der Waals surface area (Å²) in [4.78, 5) is 33.7. The maximum absolute atomic E-state index is 12.7. The van der Waals surface area contributed by atoms with Crippen LogP contribution in [0.5, 0.6) is 0 Å². The molecule has 0 saturated heterocycles. The van der Waals surface area contributed by atoms with E-state index in [0.717, 1.165) is 11.1 Å². The normalized spacial score (nSPS) is 15.7. The molecule has 4 rings (SSSR count). The van der Waals surface area contributed by atoms with Crippen LogP contribution in [0.3, 0.4) is 0 Å². The SMILES string of the molecule is CC(C)c1ccc([C@H]2CC(=O)c3cnc(NC(=O)Cc4ccccc4)nc3C2)cc1. The van der Waals surface area contributed by atoms with Gasteiger partial charge in [0.25, 0.3) is 0 Å². The number of benzene rings is 2. The minimum absolute atomic E-state index is 0.0522. The van der Waals surface area contributed by atoms with Crippen LogP contribution in [-0.4, -0.2) is 21.7 Å². The van der Waals surface area contributed by atoms with Crippen molar-refractivity contribution in [2.75, 3.05) is 5.32 Å². The van der Waals surface area contributed by atoms with Crippen LogP contribution in [-0.2, 0) is 17.6 Å². The second-order valence-electron chi connectivity index (χ2n) is 8.11. The van der Waals surface area contributed by atoms with Gasteiger partial charge < -0.3 is 0 Å². The summed E-state index contributed by atoms with van der Waals surface area (Å²) in [5.74, 6) is 0.690. The Hall–Kier alpha value is -3.34. The number of fused-ring (bicyclic) bond motifs is 1. The minimum atomic E-state index is -0.177. The average Bonchev–Trinajstić information content (AvgIpc) is 2.74. The molecule has 0 radical (unpaired) electrons. The molecule has 2 aromatic carbocycles. The van der Waals surface area contributed by atoms with E-state index in [-0.39, 0.29) is 30.0 Å². The molecule has 0 aliphatic heterocycles. The molecule has 0 unspecified atom stereocenters. The molecule has 30 heavy (non-hydrogen) atoms. The summed E-state index contributed by atoms with van der Waals surface area (Å²) in [7, 11) is 0. The van der Waals surface area contributed by atoms with Gasteiger partial charge in [0.2, 0.25) is 11.9 Å². The van der Waals surface area contributed by atoms with Gasteiger partial charge in [0.05, 0.1) is 17.7 Å². The fraction of sp³-hybridized carbons (Fsp3) is 0.280. The quantitative estimate of drug-likeness (QED) is 0.675. The van der Waals surface area contributed by atoms with Crippen molar-refractivity contribution < 1.29 is 9.59 Å². The Morgan fingerprint density at radius 2 is 1.80 bits per heavy atom. The van der Waals surface area contributed by atoms with E-state index in [1.165, 1.54) is 5.56 Å². The molecule has 1 amide bonds. The minimum Gasteiger partial charge on any atom is -0.294 e. The molecule has 1 N–H and O–H groups in total. The molecule has 3 aromatic rings. The lowest BCUT2D eigenvalue weighted by molar-refractivity contribution is -0.115. The molecule has 1 aliphatic rings. The van der Waals surface area contributed by atoms with Gasteiger partial charge in [0, 0.05) is 12.6 Å². The highest BCUT2D eigenvalue weighted by Crippen LogP contribution is 2.32. The first kappa shape index (κ1) is 20.0. The number of ketones is 1. The highest BCUT2D eigenvalue weighted by molar-refractivity contribution is 5.99. The van der Waals surface area contributed by atoms with Crippen molar-refractivity contribution in [3.05, 3.63) is 88.7 Å². The van der Waals surface area contributed by atoms with Crippen LogP contribution < -0.4 is 5.32 Å². The second kappa shape index (κ2) is 8.57. The van der Waals surface area contributed by atoms with Crippen molar-refractivity contribution in [2.45, 2.75) is 44.9 Å². The molecule has 1 aliphatic carbocycles. The summed E-state index contributed by atoms with van der Waals surface area (Å²) >= 11 is 0. The molecule has 0 fully saturated rings. The molecule has 0 bridgehead atoms. The summed E-state index contributed by atoms with van der Waals surface area (Å²) in [6.45, 7) is 4.33. The third-order valence-corrected chi connectivity index (χ3v) is 5.57. The maximum Gasteiger partial charge on any atom is 0.231 e. The molecule has 5 heteroatoms. The van der Waals surface area contributed by atoms with E-state index in [4.69, 9.17) is 0 Å². The third-order valence-electron chi connectivity index (χ3n) is 5.57. The van der Waals surface area contributed by atoms with Crippen LogP contribution in [0.25, 0.3) is 0 Å². The number of Topliss-reactive ketones (excluding diaryl/α,β-unsaturated/α-hetero) is 1. The number of hydrogen-bond acceptors (Lipinski definition) is 4. The Balaban J connectivity index is 1.49. The molecule has 152 valence electrons. The second-order valence-corrected chi connectivity index (χ2v) is 8.11. The standard InChI is InChI=1S/C25H25N3O2/c1-16(2)18-8-10-19(11-9-18)20-13-22-21(23(29)14-20)15-26-25(27-22)28-24(30)12-17-6-4-3-5-7-17/h3-11,15-16,20H,12-14H2,1-2H3,(H,26,27,28,30)/t20-/m1/s1. The van der Waals surface area contributed by atoms with Crippen LogP contribution >= 0.6 is 0 Å². The Morgan fingerprint density at radius 3 is 2.50 bits per heavy atom. The van der Waals surface area contributed by atoms with Gasteiger partial charge in [-0.3, -0.25) is 14.9 Å². The van der Waals surface area contributed by atoms with Gasteiger partial charge in [-0.15, -0.1) is 0 Å². The van der Waals surface area contributed by atoms with E-state index >= 15 is 0 Å². The van der Waals surface area contributed by atoms with Crippen molar-refractivity contribution in [1.29, 1.82) is 0 Å². The van der Waals surface area contributed by atoms with Crippen molar-refractivity contribution in [1.82, 2.24) is 9.97 Å². The highest BCUT2D eigenvalue weighted by Gasteiger charge is 2.28. The lowest BCUT2D eigenvalue weighted by Gasteiger charge is -2.23. The van der Waals surface area contributed by atoms with Crippen molar-refractivity contribution in [3.8, 4) is 0 Å². The number of nitrogens with one attached hydrogen (secondary N) is 1. The fourth-order valence-electron chi connectivity index (χ4n) is 3.84. The van der Waals surface area contributed by atoms with Crippen LogP contribution in [0.1, 0.15) is 64.8 Å². The van der Waals surface area contributed by atoms with Gasteiger partial charge in [0.15, 0.2) is 5.78 Å². The smallest absolute Gasteiger partial charge is 0.231 e. The van der Waals surface area contributed by atoms with Crippen molar-refractivity contribution in [2.24, 2.45) is 0 Å². The molecule has 1 atom stereocenters. The number of anilines is 1. The van der Waals surface area contributed by atoms with E-state index in [9.17, 15) is 9.59 Å². The summed E-state index contributed by atoms with van der Waals surface area (Å²) < 4.78 is 0. The molecule has 0 saturated carbocycles. The van der Waals surface area contributed by atoms with Crippen molar-refractivity contribution in [3.63, 3.8) is 0 Å². The topological polar surface area (TPSA) is 72.0 Å². The lowest BCUT2D eigenvalue weighted by atomic mass is 9.81. The Kier molecular flexibility index (Phi) is 5.70. The van der Waals surface area contributed by atoms with Crippen LogP contribution in [0.2, 0.25) is 0 Å². The zero-order valence-electron chi connectivity index (χ0n) is 17.3. The monoisotopic (exact) mass is 399 g/mol. The van der Waals surface area contributed by atoms with Crippen LogP contribution in [0, 0.1) is 0 Å².